The summed E-state index contributed by atoms with van der Waals surface area (Å²) in [4.78, 5) is 20.8. The van der Waals surface area contributed by atoms with Gasteiger partial charge in [0.25, 0.3) is 0 Å². The number of piperidine rings is 1. The minimum absolute atomic E-state index is 0.133. The van der Waals surface area contributed by atoms with E-state index < -0.39 is 5.97 Å². The molecule has 1 N–H and O–H groups in total. The summed E-state index contributed by atoms with van der Waals surface area (Å²) >= 11 is 1.30. The number of carbonyl (C=O) groups is 1. The Labute approximate surface area is 124 Å². The molecule has 112 valence electrons. The molecule has 2 rings (SSSR count). The van der Waals surface area contributed by atoms with Crippen LogP contribution in [0.2, 0.25) is 0 Å². The van der Waals surface area contributed by atoms with Crippen molar-refractivity contribution in [2.45, 2.75) is 38.6 Å². The second kappa shape index (κ2) is 6.10. The van der Waals surface area contributed by atoms with Crippen molar-refractivity contribution in [2.24, 2.45) is 0 Å². The molecule has 0 spiro atoms. The molecule has 0 amide bonds. The zero-order valence-electron chi connectivity index (χ0n) is 12.6. The molecule has 1 aromatic heterocycles. The first kappa shape index (κ1) is 15.3. The molecule has 1 unspecified atom stereocenters. The number of nitrogens with zero attached hydrogens (tertiary/aromatic N) is 3. The lowest BCUT2D eigenvalue weighted by Crippen LogP contribution is -2.45. The number of rotatable bonds is 4. The molecule has 0 bridgehead atoms. The first-order chi connectivity index (χ1) is 9.40. The highest BCUT2D eigenvalue weighted by atomic mass is 32.1. The van der Waals surface area contributed by atoms with Crippen molar-refractivity contribution in [1.29, 1.82) is 0 Å². The van der Waals surface area contributed by atoms with Gasteiger partial charge in [-0.25, -0.2) is 9.78 Å². The summed E-state index contributed by atoms with van der Waals surface area (Å²) in [6, 6.07) is 0.418. The van der Waals surface area contributed by atoms with E-state index in [1.165, 1.54) is 17.8 Å². The number of hydrogen-bond acceptors (Lipinski definition) is 5. The van der Waals surface area contributed by atoms with Crippen LogP contribution in [0.5, 0.6) is 0 Å². The Kier molecular flexibility index (Phi) is 4.65. The normalized spacial score (nSPS) is 20.4. The topological polar surface area (TPSA) is 56.7 Å². The first-order valence-corrected chi connectivity index (χ1v) is 7.87. The van der Waals surface area contributed by atoms with E-state index in [2.05, 4.69) is 21.8 Å². The van der Waals surface area contributed by atoms with Crippen LogP contribution in [0.15, 0.2) is 0 Å². The standard InChI is InChI=1S/C14H23N3O2S/c1-9(2)11-12(13(18)19)20-14(15-11)17(4)10-6-5-7-16(3)8-10/h9-10H,5-8H2,1-4H3,(H,18,19). The Morgan fingerprint density at radius 2 is 2.25 bits per heavy atom. The highest BCUT2D eigenvalue weighted by Gasteiger charge is 2.26. The van der Waals surface area contributed by atoms with Gasteiger partial charge in [0.1, 0.15) is 4.88 Å². The maximum atomic E-state index is 11.3. The third kappa shape index (κ3) is 3.12. The van der Waals surface area contributed by atoms with E-state index >= 15 is 0 Å². The summed E-state index contributed by atoms with van der Waals surface area (Å²) in [5, 5.41) is 10.1. The van der Waals surface area contributed by atoms with Crippen LogP contribution in [0, 0.1) is 0 Å². The lowest BCUT2D eigenvalue weighted by molar-refractivity contribution is 0.0700. The van der Waals surface area contributed by atoms with E-state index in [4.69, 9.17) is 0 Å². The number of carboxylic acid groups (broad SMARTS) is 1. The Bertz CT molecular complexity index is 487. The fraction of sp³-hybridized carbons (Fsp3) is 0.714. The molecule has 20 heavy (non-hydrogen) atoms. The summed E-state index contributed by atoms with van der Waals surface area (Å²) in [6.07, 6.45) is 2.32. The fourth-order valence-corrected chi connectivity index (χ4v) is 3.72. The third-order valence-corrected chi connectivity index (χ3v) is 4.98. The fourth-order valence-electron chi connectivity index (χ4n) is 2.63. The number of carboxylic acids is 1. The van der Waals surface area contributed by atoms with Crippen molar-refractivity contribution in [3.05, 3.63) is 10.6 Å². The van der Waals surface area contributed by atoms with Crippen LogP contribution in [0.1, 0.15) is 48.0 Å². The van der Waals surface area contributed by atoms with Crippen LogP contribution < -0.4 is 4.90 Å². The van der Waals surface area contributed by atoms with Gasteiger partial charge in [0.2, 0.25) is 0 Å². The predicted octanol–water partition coefficient (Wildman–Crippen LogP) is 2.50. The van der Waals surface area contributed by atoms with Gasteiger partial charge in [0.15, 0.2) is 5.13 Å². The van der Waals surface area contributed by atoms with Gasteiger partial charge in [-0.05, 0) is 32.4 Å². The lowest BCUT2D eigenvalue weighted by atomic mass is 10.1. The van der Waals surface area contributed by atoms with E-state index in [1.807, 2.05) is 20.9 Å². The number of hydrogen-bond donors (Lipinski definition) is 1. The summed E-state index contributed by atoms with van der Waals surface area (Å²) in [5.74, 6) is -0.736. The molecule has 5 nitrogen and oxygen atoms in total. The molecule has 0 saturated carbocycles. The van der Waals surface area contributed by atoms with E-state index in [-0.39, 0.29) is 5.92 Å². The number of likely N-dealkylation sites (N-methyl/N-ethyl adjacent to an activating group) is 2. The van der Waals surface area contributed by atoms with Gasteiger partial charge in [-0.15, -0.1) is 0 Å². The van der Waals surface area contributed by atoms with Crippen molar-refractivity contribution in [2.75, 3.05) is 32.1 Å². The van der Waals surface area contributed by atoms with Crippen LogP contribution >= 0.6 is 11.3 Å². The molecule has 1 aliphatic heterocycles. The van der Waals surface area contributed by atoms with Gasteiger partial charge in [-0.3, -0.25) is 0 Å². The molecule has 6 heteroatoms. The Morgan fingerprint density at radius 3 is 2.75 bits per heavy atom. The smallest absolute Gasteiger partial charge is 0.347 e. The molecule has 1 saturated heterocycles. The van der Waals surface area contributed by atoms with Crippen LogP contribution in [-0.2, 0) is 0 Å². The third-order valence-electron chi connectivity index (χ3n) is 3.83. The van der Waals surface area contributed by atoms with Crippen molar-refractivity contribution in [3.8, 4) is 0 Å². The highest BCUT2D eigenvalue weighted by Crippen LogP contribution is 2.32. The maximum Gasteiger partial charge on any atom is 0.347 e. The molecule has 1 aliphatic rings. The van der Waals surface area contributed by atoms with Crippen molar-refractivity contribution < 1.29 is 9.90 Å². The summed E-state index contributed by atoms with van der Waals surface area (Å²) in [5.41, 5.74) is 0.702. The largest absolute Gasteiger partial charge is 0.477 e. The molecular formula is C14H23N3O2S. The van der Waals surface area contributed by atoms with Gasteiger partial charge in [0, 0.05) is 19.6 Å². The molecule has 1 atom stereocenters. The van der Waals surface area contributed by atoms with Gasteiger partial charge in [-0.2, -0.15) is 0 Å². The second-order valence-corrected chi connectivity index (χ2v) is 6.82. The van der Waals surface area contributed by atoms with E-state index in [1.54, 1.807) is 0 Å². The lowest BCUT2D eigenvalue weighted by Gasteiger charge is -2.35. The number of thiazole rings is 1. The number of anilines is 1. The van der Waals surface area contributed by atoms with Crippen LogP contribution in [0.3, 0.4) is 0 Å². The number of aromatic carboxylic acids is 1. The van der Waals surface area contributed by atoms with Gasteiger partial charge in [-0.1, -0.05) is 25.2 Å². The number of likely N-dealkylation sites (tertiary alicyclic amines) is 1. The zero-order chi connectivity index (χ0) is 14.9. The first-order valence-electron chi connectivity index (χ1n) is 7.05. The van der Waals surface area contributed by atoms with Crippen LogP contribution in [0.25, 0.3) is 0 Å². The molecule has 1 aromatic rings. The SMILES string of the molecule is CC(C)c1nc(N(C)C2CCCN(C)C2)sc1C(=O)O. The highest BCUT2D eigenvalue weighted by molar-refractivity contribution is 7.17. The zero-order valence-corrected chi connectivity index (χ0v) is 13.4. The monoisotopic (exact) mass is 297 g/mol. The summed E-state index contributed by atoms with van der Waals surface area (Å²) in [6.45, 7) is 6.12. The number of aromatic nitrogens is 1. The molecule has 0 radical (unpaired) electrons. The molecule has 1 fully saturated rings. The Morgan fingerprint density at radius 1 is 1.55 bits per heavy atom. The predicted molar refractivity (Wildman–Crippen MR) is 82.1 cm³/mol. The Hall–Kier alpha value is -1.14. The molecule has 2 heterocycles. The average Bonchev–Trinajstić information content (AvgIpc) is 2.83. The molecular weight excluding hydrogens is 274 g/mol. The van der Waals surface area contributed by atoms with Gasteiger partial charge >= 0.3 is 5.97 Å². The molecule has 0 aromatic carbocycles. The van der Waals surface area contributed by atoms with Crippen molar-refractivity contribution >= 4 is 22.4 Å². The van der Waals surface area contributed by atoms with Crippen LogP contribution in [-0.4, -0.2) is 54.2 Å². The average molecular weight is 297 g/mol. The van der Waals surface area contributed by atoms with Crippen molar-refractivity contribution in [3.63, 3.8) is 0 Å². The Balaban J connectivity index is 2.23. The van der Waals surface area contributed by atoms with E-state index in [0.717, 1.165) is 24.6 Å². The minimum atomic E-state index is -0.869. The second-order valence-electron chi connectivity index (χ2n) is 5.84. The maximum absolute atomic E-state index is 11.3. The quantitative estimate of drug-likeness (QED) is 0.925. The minimum Gasteiger partial charge on any atom is -0.477 e. The molecule has 0 aliphatic carbocycles. The van der Waals surface area contributed by atoms with Crippen molar-refractivity contribution in [1.82, 2.24) is 9.88 Å². The van der Waals surface area contributed by atoms with Crippen LogP contribution in [0.4, 0.5) is 5.13 Å². The summed E-state index contributed by atoms with van der Waals surface area (Å²) in [7, 11) is 4.16. The van der Waals surface area contributed by atoms with Gasteiger partial charge in [0.05, 0.1) is 5.69 Å². The summed E-state index contributed by atoms with van der Waals surface area (Å²) < 4.78 is 0. The van der Waals surface area contributed by atoms with E-state index in [9.17, 15) is 9.90 Å². The van der Waals surface area contributed by atoms with E-state index in [0.29, 0.717) is 16.6 Å². The van der Waals surface area contributed by atoms with Gasteiger partial charge < -0.3 is 14.9 Å².